The van der Waals surface area contributed by atoms with Gasteiger partial charge in [-0.2, -0.15) is 0 Å². The van der Waals surface area contributed by atoms with E-state index in [4.69, 9.17) is 19.4 Å². The molecule has 4 rings (SSSR count). The zero-order chi connectivity index (χ0) is 29.7. The fourth-order valence-electron chi connectivity index (χ4n) is 4.95. The van der Waals surface area contributed by atoms with Gasteiger partial charge in [0.15, 0.2) is 5.65 Å². The number of nitrogens with one attached hydrogen (secondary N) is 1. The van der Waals surface area contributed by atoms with Crippen LogP contribution in [0.2, 0.25) is 0 Å². The predicted molar refractivity (Wildman–Crippen MR) is 159 cm³/mol. The van der Waals surface area contributed by atoms with Crippen LogP contribution in [0.15, 0.2) is 53.4 Å². The number of imidazole rings is 1. The molecule has 2 aromatic heterocycles. The summed E-state index contributed by atoms with van der Waals surface area (Å²) in [6.45, 7) is 12.4. The van der Waals surface area contributed by atoms with Crippen molar-refractivity contribution >= 4 is 27.3 Å². The summed E-state index contributed by atoms with van der Waals surface area (Å²) >= 11 is 0. The van der Waals surface area contributed by atoms with Gasteiger partial charge in [-0.1, -0.05) is 50.6 Å². The van der Waals surface area contributed by atoms with E-state index < -0.39 is 22.4 Å². The molecule has 0 saturated carbocycles. The number of aryl methyl sites for hydroxylation is 4. The van der Waals surface area contributed by atoms with Crippen LogP contribution in [-0.2, 0) is 38.9 Å². The molecule has 41 heavy (non-hydrogen) atoms. The van der Waals surface area contributed by atoms with E-state index in [0.717, 1.165) is 64.2 Å². The monoisotopic (exact) mass is 578 g/mol. The van der Waals surface area contributed by atoms with E-state index in [1.54, 1.807) is 13.0 Å². The molecule has 0 spiro atoms. The molecule has 0 aliphatic heterocycles. The minimum absolute atomic E-state index is 0.00450. The highest BCUT2D eigenvalue weighted by Gasteiger charge is 2.24. The summed E-state index contributed by atoms with van der Waals surface area (Å²) in [5.41, 5.74) is 7.09. The summed E-state index contributed by atoms with van der Waals surface area (Å²) in [6, 6.07) is 15.0. The van der Waals surface area contributed by atoms with Gasteiger partial charge in [0.2, 0.25) is 6.29 Å². The summed E-state index contributed by atoms with van der Waals surface area (Å²) in [4.78, 5) is 21.9. The second kappa shape index (κ2) is 12.8. The van der Waals surface area contributed by atoms with Crippen LogP contribution in [0.5, 0.6) is 0 Å². The largest absolute Gasteiger partial charge is 0.423 e. The van der Waals surface area contributed by atoms with Crippen LogP contribution in [0, 0.1) is 13.8 Å². The topological polar surface area (TPSA) is 112 Å². The van der Waals surface area contributed by atoms with Gasteiger partial charge in [0.25, 0.3) is 10.0 Å². The van der Waals surface area contributed by atoms with E-state index in [2.05, 4.69) is 25.3 Å². The highest BCUT2D eigenvalue weighted by molar-refractivity contribution is 7.90. The first-order valence-electron chi connectivity index (χ1n) is 14.0. The lowest BCUT2D eigenvalue weighted by Crippen LogP contribution is -2.34. The van der Waals surface area contributed by atoms with Crippen molar-refractivity contribution in [3.63, 3.8) is 0 Å². The van der Waals surface area contributed by atoms with Crippen molar-refractivity contribution in [2.45, 2.75) is 78.5 Å². The number of sulfonamides is 1. The normalized spacial score (nSPS) is 12.4. The Hall–Kier alpha value is -3.76. The van der Waals surface area contributed by atoms with Gasteiger partial charge in [0, 0.05) is 24.3 Å². The SMILES string of the molecule is CCCc1ccc(S(=O)(=O)NC(=O)OC(C)OCC)c(-c2ccc(Cn3c(CC)nc4c(C)cc(C)nc43)cc2)c1. The number of fused-ring (bicyclic) bond motifs is 1. The molecule has 0 bridgehead atoms. The van der Waals surface area contributed by atoms with Crippen molar-refractivity contribution < 1.29 is 22.7 Å². The molecule has 0 fully saturated rings. The number of aromatic nitrogens is 3. The molecule has 1 amide bonds. The Balaban J connectivity index is 1.67. The van der Waals surface area contributed by atoms with Crippen LogP contribution in [0.25, 0.3) is 22.3 Å². The number of benzene rings is 2. The molecule has 0 aliphatic carbocycles. The lowest BCUT2D eigenvalue weighted by atomic mass is 10.00. The first kappa shape index (κ1) is 30.2. The first-order valence-corrected chi connectivity index (χ1v) is 15.4. The third-order valence-electron chi connectivity index (χ3n) is 6.79. The summed E-state index contributed by atoms with van der Waals surface area (Å²) in [5.74, 6) is 0.961. The van der Waals surface area contributed by atoms with Gasteiger partial charge < -0.3 is 14.0 Å². The fraction of sp³-hybridized carbons (Fsp3) is 0.387. The zero-order valence-corrected chi connectivity index (χ0v) is 25.3. The van der Waals surface area contributed by atoms with Gasteiger partial charge >= 0.3 is 6.09 Å². The summed E-state index contributed by atoms with van der Waals surface area (Å²) in [6.07, 6.45) is 0.514. The fourth-order valence-corrected chi connectivity index (χ4v) is 6.04. The van der Waals surface area contributed by atoms with E-state index in [1.807, 2.05) is 48.0 Å². The van der Waals surface area contributed by atoms with Crippen LogP contribution < -0.4 is 4.72 Å². The smallest absolute Gasteiger partial charge is 0.419 e. The van der Waals surface area contributed by atoms with Crippen LogP contribution in [0.1, 0.15) is 62.3 Å². The quantitative estimate of drug-likeness (QED) is 0.215. The van der Waals surface area contributed by atoms with E-state index in [1.165, 1.54) is 13.0 Å². The Morgan fingerprint density at radius 3 is 2.37 bits per heavy atom. The molecule has 218 valence electrons. The standard InChI is InChI=1S/C31H38N4O5S/c1-7-10-23-13-16-27(41(37,38)34-31(36)40-22(6)39-9-3)26(18-23)25-14-11-24(12-15-25)19-35-28(8-2)33-29-20(4)17-21(5)32-30(29)35/h11-18,22H,7-10,19H2,1-6H3,(H,34,36). The van der Waals surface area contributed by atoms with Crippen LogP contribution in [0.4, 0.5) is 4.79 Å². The third-order valence-corrected chi connectivity index (χ3v) is 8.16. The van der Waals surface area contributed by atoms with Crippen molar-refractivity contribution in [1.29, 1.82) is 0 Å². The maximum atomic E-state index is 13.3. The number of carbonyl (C=O) groups is 1. The number of amides is 1. The number of ether oxygens (including phenoxy) is 2. The van der Waals surface area contributed by atoms with Gasteiger partial charge in [-0.3, -0.25) is 0 Å². The Labute approximate surface area is 242 Å². The number of hydrogen-bond donors (Lipinski definition) is 1. The molecule has 0 radical (unpaired) electrons. The van der Waals surface area contributed by atoms with Gasteiger partial charge in [0.1, 0.15) is 11.3 Å². The molecule has 1 atom stereocenters. The minimum Gasteiger partial charge on any atom is -0.419 e. The van der Waals surface area contributed by atoms with Crippen molar-refractivity contribution in [3.8, 4) is 11.1 Å². The Kier molecular flexibility index (Phi) is 9.45. The zero-order valence-electron chi connectivity index (χ0n) is 24.5. The Bertz CT molecular complexity index is 1650. The third kappa shape index (κ3) is 6.94. The molecular weight excluding hydrogens is 540 g/mol. The Morgan fingerprint density at radius 1 is 1.00 bits per heavy atom. The lowest BCUT2D eigenvalue weighted by Gasteiger charge is -2.16. The summed E-state index contributed by atoms with van der Waals surface area (Å²) in [5, 5.41) is 0. The van der Waals surface area contributed by atoms with Crippen molar-refractivity contribution in [2.75, 3.05) is 6.61 Å². The van der Waals surface area contributed by atoms with E-state index in [0.29, 0.717) is 18.7 Å². The lowest BCUT2D eigenvalue weighted by molar-refractivity contribution is -0.0851. The molecule has 1 unspecified atom stereocenters. The molecule has 10 heteroatoms. The molecule has 2 aromatic carbocycles. The average Bonchev–Trinajstić information content (AvgIpc) is 3.26. The molecule has 4 aromatic rings. The minimum atomic E-state index is -4.22. The van der Waals surface area contributed by atoms with Crippen LogP contribution in [0.3, 0.4) is 0 Å². The maximum Gasteiger partial charge on any atom is 0.423 e. The number of nitrogens with zero attached hydrogens (tertiary/aromatic N) is 3. The number of hydrogen-bond acceptors (Lipinski definition) is 7. The Morgan fingerprint density at radius 2 is 1.71 bits per heavy atom. The van der Waals surface area contributed by atoms with Gasteiger partial charge in [0.05, 0.1) is 11.4 Å². The second-order valence-electron chi connectivity index (χ2n) is 10.0. The highest BCUT2D eigenvalue weighted by atomic mass is 32.2. The van der Waals surface area contributed by atoms with Gasteiger partial charge in [-0.25, -0.2) is 27.9 Å². The number of carbonyl (C=O) groups excluding carboxylic acids is 1. The van der Waals surface area contributed by atoms with E-state index in [9.17, 15) is 13.2 Å². The predicted octanol–water partition coefficient (Wildman–Crippen LogP) is 6.08. The van der Waals surface area contributed by atoms with Crippen LogP contribution in [-0.4, -0.2) is 41.9 Å². The summed E-state index contributed by atoms with van der Waals surface area (Å²) < 4.78 is 41.0. The van der Waals surface area contributed by atoms with Gasteiger partial charge in [-0.05, 0) is 74.6 Å². The molecule has 2 heterocycles. The first-order chi connectivity index (χ1) is 19.6. The summed E-state index contributed by atoms with van der Waals surface area (Å²) in [7, 11) is -4.22. The highest BCUT2D eigenvalue weighted by Crippen LogP contribution is 2.30. The molecule has 0 aliphatic rings. The maximum absolute atomic E-state index is 13.3. The van der Waals surface area contributed by atoms with Crippen molar-refractivity contribution in [3.05, 3.63) is 76.7 Å². The van der Waals surface area contributed by atoms with Crippen molar-refractivity contribution in [2.24, 2.45) is 0 Å². The molecule has 1 N–H and O–H groups in total. The van der Waals surface area contributed by atoms with Crippen LogP contribution >= 0.6 is 0 Å². The van der Waals surface area contributed by atoms with Crippen molar-refractivity contribution in [1.82, 2.24) is 19.3 Å². The molecule has 0 saturated heterocycles. The number of rotatable bonds is 11. The van der Waals surface area contributed by atoms with Gasteiger partial charge in [-0.15, -0.1) is 0 Å². The van der Waals surface area contributed by atoms with E-state index in [-0.39, 0.29) is 4.90 Å². The molecular formula is C31H38N4O5S. The van der Waals surface area contributed by atoms with E-state index >= 15 is 0 Å². The average molecular weight is 579 g/mol. The number of pyridine rings is 1. The second-order valence-corrected chi connectivity index (χ2v) is 11.7. The molecule has 9 nitrogen and oxygen atoms in total.